The smallest absolute Gasteiger partial charge is 0.240 e. The third-order valence-electron chi connectivity index (χ3n) is 4.34. The Kier molecular flexibility index (Phi) is 5.27. The van der Waals surface area contributed by atoms with E-state index < -0.39 is 10.0 Å². The van der Waals surface area contributed by atoms with Gasteiger partial charge < -0.3 is 0 Å². The van der Waals surface area contributed by atoms with Gasteiger partial charge in [0.25, 0.3) is 0 Å². The summed E-state index contributed by atoms with van der Waals surface area (Å²) in [5.41, 5.74) is 2.61. The van der Waals surface area contributed by atoms with E-state index in [0.717, 1.165) is 11.1 Å². The minimum absolute atomic E-state index is 0.0249. The molecule has 1 atom stereocenters. The van der Waals surface area contributed by atoms with Gasteiger partial charge in [0.05, 0.1) is 17.5 Å². The average Bonchev–Trinajstić information content (AvgIpc) is 3.08. The van der Waals surface area contributed by atoms with Gasteiger partial charge in [-0.25, -0.2) is 17.8 Å². The van der Waals surface area contributed by atoms with Gasteiger partial charge in [-0.15, -0.1) is 0 Å². The number of carbonyl (C=O) groups is 1. The van der Waals surface area contributed by atoms with E-state index >= 15 is 0 Å². The second kappa shape index (κ2) is 7.48. The van der Waals surface area contributed by atoms with Crippen molar-refractivity contribution in [1.82, 2.24) is 5.01 Å². The summed E-state index contributed by atoms with van der Waals surface area (Å²) in [6, 6.07) is 12.6. The van der Waals surface area contributed by atoms with Crippen molar-refractivity contribution in [2.45, 2.75) is 26.3 Å². The van der Waals surface area contributed by atoms with Crippen molar-refractivity contribution in [1.29, 1.82) is 0 Å². The van der Waals surface area contributed by atoms with Crippen molar-refractivity contribution >= 4 is 27.3 Å². The average molecular weight is 389 g/mol. The van der Waals surface area contributed by atoms with Gasteiger partial charge in [-0.2, -0.15) is 5.10 Å². The summed E-state index contributed by atoms with van der Waals surface area (Å²) in [4.78, 5) is 12.0. The lowest BCUT2D eigenvalue weighted by Crippen LogP contribution is -2.24. The van der Waals surface area contributed by atoms with Gasteiger partial charge in [0, 0.05) is 19.0 Å². The van der Waals surface area contributed by atoms with Crippen LogP contribution in [-0.2, 0) is 14.8 Å². The van der Waals surface area contributed by atoms with Gasteiger partial charge in [-0.1, -0.05) is 24.3 Å². The van der Waals surface area contributed by atoms with Crippen LogP contribution in [0.1, 0.15) is 37.4 Å². The quantitative estimate of drug-likeness (QED) is 0.852. The standard InChI is InChI=1S/C19H20FN3O3S/c1-3-27(25,26)22-17-6-4-5-15(11-17)18-12-19(23(21-18)13(2)24)14-7-9-16(20)10-8-14/h4-11,19,22H,3,12H2,1-2H3/t19-/m0/s1. The van der Waals surface area contributed by atoms with E-state index in [0.29, 0.717) is 17.8 Å². The molecule has 0 spiro atoms. The summed E-state index contributed by atoms with van der Waals surface area (Å²) in [6.07, 6.45) is 0.454. The second-order valence-electron chi connectivity index (χ2n) is 6.27. The molecule has 0 saturated heterocycles. The summed E-state index contributed by atoms with van der Waals surface area (Å²) in [6.45, 7) is 2.99. The second-order valence-corrected chi connectivity index (χ2v) is 8.28. The highest BCUT2D eigenvalue weighted by Gasteiger charge is 2.31. The number of hydrogen-bond donors (Lipinski definition) is 1. The highest BCUT2D eigenvalue weighted by Crippen LogP contribution is 2.33. The number of carbonyl (C=O) groups excluding carboxylic acids is 1. The molecule has 0 fully saturated rings. The first kappa shape index (κ1) is 19.0. The van der Waals surface area contributed by atoms with Gasteiger partial charge in [0.1, 0.15) is 5.82 Å². The van der Waals surface area contributed by atoms with E-state index in [1.807, 2.05) is 6.07 Å². The topological polar surface area (TPSA) is 78.8 Å². The number of hydrazone groups is 1. The largest absolute Gasteiger partial charge is 0.284 e. The van der Waals surface area contributed by atoms with Gasteiger partial charge in [-0.05, 0) is 42.3 Å². The number of anilines is 1. The number of nitrogens with one attached hydrogen (secondary N) is 1. The molecular weight excluding hydrogens is 369 g/mol. The Morgan fingerprint density at radius 1 is 1.26 bits per heavy atom. The van der Waals surface area contributed by atoms with Crippen molar-refractivity contribution in [3.05, 3.63) is 65.5 Å². The summed E-state index contributed by atoms with van der Waals surface area (Å²) < 4.78 is 39.3. The van der Waals surface area contributed by atoms with Crippen molar-refractivity contribution < 1.29 is 17.6 Å². The van der Waals surface area contributed by atoms with Crippen LogP contribution in [0.4, 0.5) is 10.1 Å². The lowest BCUT2D eigenvalue weighted by Gasteiger charge is -2.20. The van der Waals surface area contributed by atoms with Crippen LogP contribution in [-0.4, -0.2) is 30.8 Å². The molecule has 3 rings (SSSR count). The first-order chi connectivity index (χ1) is 12.8. The summed E-state index contributed by atoms with van der Waals surface area (Å²) >= 11 is 0. The zero-order chi connectivity index (χ0) is 19.6. The zero-order valence-electron chi connectivity index (χ0n) is 15.0. The predicted octanol–water partition coefficient (Wildman–Crippen LogP) is 3.28. The number of sulfonamides is 1. The Balaban J connectivity index is 1.90. The molecule has 8 heteroatoms. The number of nitrogens with zero attached hydrogens (tertiary/aromatic N) is 2. The van der Waals surface area contributed by atoms with E-state index in [-0.39, 0.29) is 23.5 Å². The number of rotatable bonds is 5. The van der Waals surface area contributed by atoms with Crippen molar-refractivity contribution in [3.63, 3.8) is 0 Å². The van der Waals surface area contributed by atoms with E-state index in [9.17, 15) is 17.6 Å². The fourth-order valence-corrected chi connectivity index (χ4v) is 3.56. The minimum Gasteiger partial charge on any atom is -0.284 e. The summed E-state index contributed by atoms with van der Waals surface area (Å²) in [5.74, 6) is -0.589. The Labute approximate surface area is 157 Å². The van der Waals surface area contributed by atoms with Crippen LogP contribution < -0.4 is 4.72 Å². The number of hydrogen-bond acceptors (Lipinski definition) is 4. The summed E-state index contributed by atoms with van der Waals surface area (Å²) in [7, 11) is -3.38. The molecule has 2 aromatic carbocycles. The van der Waals surface area contributed by atoms with Gasteiger partial charge >= 0.3 is 0 Å². The molecule has 0 unspecified atom stereocenters. The van der Waals surface area contributed by atoms with E-state index in [4.69, 9.17) is 0 Å². The monoisotopic (exact) mass is 389 g/mol. The van der Waals surface area contributed by atoms with Crippen molar-refractivity contribution in [3.8, 4) is 0 Å². The first-order valence-corrected chi connectivity index (χ1v) is 10.2. The molecule has 0 aromatic heterocycles. The van der Waals surface area contributed by atoms with Gasteiger partial charge in [0.15, 0.2) is 0 Å². The fraction of sp³-hybridized carbons (Fsp3) is 0.263. The minimum atomic E-state index is -3.38. The molecule has 0 bridgehead atoms. The molecule has 142 valence electrons. The SMILES string of the molecule is CCS(=O)(=O)Nc1cccc(C2=NN(C(C)=O)[C@H](c3ccc(F)cc3)C2)c1. The molecule has 1 aliphatic rings. The Hall–Kier alpha value is -2.74. The maximum absolute atomic E-state index is 13.2. The lowest BCUT2D eigenvalue weighted by atomic mass is 9.98. The lowest BCUT2D eigenvalue weighted by molar-refractivity contribution is -0.130. The molecule has 1 aliphatic heterocycles. The molecule has 2 aromatic rings. The molecular formula is C19H20FN3O3S. The zero-order valence-corrected chi connectivity index (χ0v) is 15.8. The maximum Gasteiger partial charge on any atom is 0.240 e. The number of amides is 1. The molecule has 1 amide bonds. The molecule has 0 radical (unpaired) electrons. The van der Waals surface area contributed by atoms with E-state index in [1.165, 1.54) is 24.1 Å². The Morgan fingerprint density at radius 2 is 1.96 bits per heavy atom. The van der Waals surface area contributed by atoms with Crippen LogP contribution in [0.15, 0.2) is 53.6 Å². The van der Waals surface area contributed by atoms with Crippen LogP contribution in [0.3, 0.4) is 0 Å². The predicted molar refractivity (Wildman–Crippen MR) is 102 cm³/mol. The number of halogens is 1. The third kappa shape index (κ3) is 4.33. The molecule has 6 nitrogen and oxygen atoms in total. The highest BCUT2D eigenvalue weighted by molar-refractivity contribution is 7.92. The van der Waals surface area contributed by atoms with Crippen LogP contribution >= 0.6 is 0 Å². The van der Waals surface area contributed by atoms with Gasteiger partial charge in [0.2, 0.25) is 15.9 Å². The number of benzene rings is 2. The van der Waals surface area contributed by atoms with Crippen molar-refractivity contribution in [2.24, 2.45) is 5.10 Å². The van der Waals surface area contributed by atoms with E-state index in [1.54, 1.807) is 37.3 Å². The molecule has 27 heavy (non-hydrogen) atoms. The van der Waals surface area contributed by atoms with Crippen LogP contribution in [0.25, 0.3) is 0 Å². The normalized spacial score (nSPS) is 16.9. The molecule has 0 aliphatic carbocycles. The summed E-state index contributed by atoms with van der Waals surface area (Å²) in [5, 5.41) is 5.81. The molecule has 1 heterocycles. The third-order valence-corrected chi connectivity index (χ3v) is 5.64. The fourth-order valence-electron chi connectivity index (χ4n) is 2.93. The Bertz CT molecular complexity index is 988. The van der Waals surface area contributed by atoms with Crippen LogP contribution in [0.5, 0.6) is 0 Å². The molecule has 1 N–H and O–H groups in total. The first-order valence-electron chi connectivity index (χ1n) is 8.52. The van der Waals surface area contributed by atoms with E-state index in [2.05, 4.69) is 9.82 Å². The molecule has 0 saturated carbocycles. The van der Waals surface area contributed by atoms with Crippen molar-refractivity contribution in [2.75, 3.05) is 10.5 Å². The van der Waals surface area contributed by atoms with Crippen LogP contribution in [0, 0.1) is 5.82 Å². The highest BCUT2D eigenvalue weighted by atomic mass is 32.2. The maximum atomic E-state index is 13.2. The van der Waals surface area contributed by atoms with Crippen LogP contribution in [0.2, 0.25) is 0 Å². The van der Waals surface area contributed by atoms with Gasteiger partial charge in [-0.3, -0.25) is 9.52 Å². The Morgan fingerprint density at radius 3 is 2.59 bits per heavy atom.